The van der Waals surface area contributed by atoms with Crippen LogP contribution in [0.2, 0.25) is 0 Å². The van der Waals surface area contributed by atoms with E-state index in [2.05, 4.69) is 0 Å². The number of esters is 2. The van der Waals surface area contributed by atoms with Crippen LogP contribution < -0.4 is 0 Å². The minimum Gasteiger partial charge on any atom is -0.469 e. The number of nitrogens with zero attached hydrogens (tertiary/aromatic N) is 1. The molecule has 1 aliphatic rings. The van der Waals surface area contributed by atoms with Gasteiger partial charge in [0.15, 0.2) is 6.10 Å². The summed E-state index contributed by atoms with van der Waals surface area (Å²) in [5.74, 6) is -1.10. The Morgan fingerprint density at radius 3 is 2.48 bits per heavy atom. The summed E-state index contributed by atoms with van der Waals surface area (Å²) in [5, 5.41) is 1.72. The number of carbonyl (C=O) groups excluding carboxylic acids is 3. The van der Waals surface area contributed by atoms with Crippen molar-refractivity contribution in [2.24, 2.45) is 5.92 Å². The smallest absolute Gasteiger partial charge is 0.339 e. The molecule has 2 heterocycles. The van der Waals surface area contributed by atoms with E-state index in [4.69, 9.17) is 9.47 Å². The van der Waals surface area contributed by atoms with E-state index in [-0.39, 0.29) is 17.8 Å². The van der Waals surface area contributed by atoms with Gasteiger partial charge in [0.25, 0.3) is 5.91 Å². The van der Waals surface area contributed by atoms with Gasteiger partial charge in [-0.05, 0) is 32.8 Å². The molecular formula is C16H21NO5S. The molecule has 23 heavy (non-hydrogen) atoms. The van der Waals surface area contributed by atoms with Crippen molar-refractivity contribution < 1.29 is 23.9 Å². The molecule has 0 saturated carbocycles. The van der Waals surface area contributed by atoms with Gasteiger partial charge in [0.05, 0.1) is 18.6 Å². The first-order chi connectivity index (χ1) is 10.9. The predicted octanol–water partition coefficient (Wildman–Crippen LogP) is 2.01. The fourth-order valence-electron chi connectivity index (χ4n) is 2.59. The average molecular weight is 339 g/mol. The second kappa shape index (κ2) is 7.59. The van der Waals surface area contributed by atoms with E-state index in [1.165, 1.54) is 18.4 Å². The van der Waals surface area contributed by atoms with Crippen molar-refractivity contribution in [2.45, 2.75) is 32.8 Å². The third-order valence-electron chi connectivity index (χ3n) is 3.94. The van der Waals surface area contributed by atoms with Crippen LogP contribution >= 0.6 is 11.3 Å². The molecule has 1 saturated heterocycles. The molecule has 0 bridgehead atoms. The highest BCUT2D eigenvalue weighted by Crippen LogP contribution is 2.20. The quantitative estimate of drug-likeness (QED) is 0.785. The fraction of sp³-hybridized carbons (Fsp3) is 0.562. The summed E-state index contributed by atoms with van der Waals surface area (Å²) >= 11 is 1.46. The minimum absolute atomic E-state index is 0.157. The zero-order valence-corrected chi connectivity index (χ0v) is 14.4. The lowest BCUT2D eigenvalue weighted by Gasteiger charge is -2.32. The number of rotatable bonds is 4. The number of likely N-dealkylation sites (tertiary alicyclic amines) is 1. The molecule has 0 aliphatic carbocycles. The van der Waals surface area contributed by atoms with Gasteiger partial charge >= 0.3 is 11.9 Å². The van der Waals surface area contributed by atoms with Crippen LogP contribution in [0.15, 0.2) is 11.4 Å². The Balaban J connectivity index is 1.86. The Hall–Kier alpha value is -1.89. The Morgan fingerprint density at radius 1 is 1.30 bits per heavy atom. The highest BCUT2D eigenvalue weighted by molar-refractivity contribution is 7.10. The molecule has 0 radical (unpaired) electrons. The van der Waals surface area contributed by atoms with Gasteiger partial charge < -0.3 is 14.4 Å². The first-order valence-corrected chi connectivity index (χ1v) is 8.43. The maximum absolute atomic E-state index is 12.4. The standard InChI is InChI=1S/C16H21NO5S/c1-10-8-13(9-23-10)16(20)22-11(2)14(18)17-6-4-12(5-7-17)15(19)21-3/h8-9,11-12H,4-7H2,1-3H3. The molecule has 1 atom stereocenters. The average Bonchev–Trinajstić information content (AvgIpc) is 3.00. The van der Waals surface area contributed by atoms with Crippen LogP contribution in [-0.2, 0) is 19.1 Å². The van der Waals surface area contributed by atoms with E-state index in [1.807, 2.05) is 6.92 Å². The molecule has 2 rings (SSSR count). The fourth-order valence-corrected chi connectivity index (χ4v) is 3.26. The zero-order chi connectivity index (χ0) is 17.0. The Morgan fingerprint density at radius 2 is 1.96 bits per heavy atom. The number of methoxy groups -OCH3 is 1. The number of thiophene rings is 1. The first kappa shape index (κ1) is 17.5. The van der Waals surface area contributed by atoms with Gasteiger partial charge in [-0.15, -0.1) is 11.3 Å². The molecule has 1 fully saturated rings. The molecule has 1 aliphatic heterocycles. The van der Waals surface area contributed by atoms with E-state index in [9.17, 15) is 14.4 Å². The number of ether oxygens (including phenoxy) is 2. The number of hydrogen-bond acceptors (Lipinski definition) is 6. The van der Waals surface area contributed by atoms with Gasteiger partial charge in [-0.25, -0.2) is 4.79 Å². The monoisotopic (exact) mass is 339 g/mol. The van der Waals surface area contributed by atoms with Crippen molar-refractivity contribution in [2.75, 3.05) is 20.2 Å². The van der Waals surface area contributed by atoms with Gasteiger partial charge in [-0.2, -0.15) is 0 Å². The largest absolute Gasteiger partial charge is 0.469 e. The third kappa shape index (κ3) is 4.31. The SMILES string of the molecule is COC(=O)C1CCN(C(=O)C(C)OC(=O)c2csc(C)c2)CC1. The number of piperidine rings is 1. The van der Waals surface area contributed by atoms with E-state index in [0.29, 0.717) is 31.5 Å². The number of carbonyl (C=O) groups is 3. The Bertz CT molecular complexity index is 589. The van der Waals surface area contributed by atoms with Crippen LogP contribution in [0, 0.1) is 12.8 Å². The topological polar surface area (TPSA) is 72.9 Å². The maximum atomic E-state index is 12.4. The van der Waals surface area contributed by atoms with Crippen molar-refractivity contribution in [3.8, 4) is 0 Å². The molecule has 1 aromatic heterocycles. The van der Waals surface area contributed by atoms with Crippen LogP contribution in [0.4, 0.5) is 0 Å². The van der Waals surface area contributed by atoms with Gasteiger partial charge in [-0.1, -0.05) is 0 Å². The van der Waals surface area contributed by atoms with Crippen molar-refractivity contribution in [3.05, 3.63) is 21.9 Å². The van der Waals surface area contributed by atoms with E-state index in [1.54, 1.807) is 23.3 Å². The number of amides is 1. The van der Waals surface area contributed by atoms with Crippen molar-refractivity contribution >= 4 is 29.2 Å². The lowest BCUT2D eigenvalue weighted by Crippen LogP contribution is -2.45. The third-order valence-corrected chi connectivity index (χ3v) is 4.80. The van der Waals surface area contributed by atoms with Crippen LogP contribution in [-0.4, -0.2) is 49.0 Å². The van der Waals surface area contributed by atoms with Gasteiger partial charge in [0, 0.05) is 23.3 Å². The summed E-state index contributed by atoms with van der Waals surface area (Å²) in [5.41, 5.74) is 0.469. The molecule has 0 spiro atoms. The van der Waals surface area contributed by atoms with Crippen LogP contribution in [0.25, 0.3) is 0 Å². The second-order valence-corrected chi connectivity index (χ2v) is 6.73. The lowest BCUT2D eigenvalue weighted by molar-refractivity contribution is -0.150. The van der Waals surface area contributed by atoms with E-state index < -0.39 is 12.1 Å². The van der Waals surface area contributed by atoms with E-state index >= 15 is 0 Å². The summed E-state index contributed by atoms with van der Waals surface area (Å²) in [7, 11) is 1.37. The molecule has 1 aromatic rings. The van der Waals surface area contributed by atoms with Crippen molar-refractivity contribution in [3.63, 3.8) is 0 Å². The zero-order valence-electron chi connectivity index (χ0n) is 13.5. The summed E-state index contributed by atoms with van der Waals surface area (Å²) < 4.78 is 9.97. The van der Waals surface area contributed by atoms with Gasteiger partial charge in [0.2, 0.25) is 0 Å². The van der Waals surface area contributed by atoms with Crippen molar-refractivity contribution in [1.82, 2.24) is 4.90 Å². The van der Waals surface area contributed by atoms with Gasteiger partial charge in [0.1, 0.15) is 0 Å². The summed E-state index contributed by atoms with van der Waals surface area (Å²) in [4.78, 5) is 38.5. The molecule has 0 aromatic carbocycles. The molecular weight excluding hydrogens is 318 g/mol. The summed E-state index contributed by atoms with van der Waals surface area (Å²) in [6.07, 6.45) is 0.309. The normalized spacial score (nSPS) is 16.7. The lowest BCUT2D eigenvalue weighted by atomic mass is 9.97. The van der Waals surface area contributed by atoms with Gasteiger partial charge in [-0.3, -0.25) is 9.59 Å². The molecule has 1 unspecified atom stereocenters. The highest BCUT2D eigenvalue weighted by Gasteiger charge is 2.31. The Labute approximate surface area is 139 Å². The molecule has 126 valence electrons. The highest BCUT2D eigenvalue weighted by atomic mass is 32.1. The first-order valence-electron chi connectivity index (χ1n) is 7.55. The summed E-state index contributed by atoms with van der Waals surface area (Å²) in [6, 6.07) is 1.74. The molecule has 6 nitrogen and oxygen atoms in total. The van der Waals surface area contributed by atoms with Crippen molar-refractivity contribution in [1.29, 1.82) is 0 Å². The minimum atomic E-state index is -0.836. The second-order valence-electron chi connectivity index (χ2n) is 5.62. The number of hydrogen-bond donors (Lipinski definition) is 0. The maximum Gasteiger partial charge on any atom is 0.339 e. The number of aryl methyl sites for hydroxylation is 1. The van der Waals surface area contributed by atoms with Crippen LogP contribution in [0.5, 0.6) is 0 Å². The predicted molar refractivity (Wildman–Crippen MR) is 85.3 cm³/mol. The Kier molecular flexibility index (Phi) is 5.76. The molecule has 0 N–H and O–H groups in total. The summed E-state index contributed by atoms with van der Waals surface area (Å²) in [6.45, 7) is 4.42. The van der Waals surface area contributed by atoms with E-state index in [0.717, 1.165) is 4.88 Å². The molecule has 7 heteroatoms. The molecule has 1 amide bonds. The van der Waals surface area contributed by atoms with Crippen LogP contribution in [0.1, 0.15) is 35.0 Å². The van der Waals surface area contributed by atoms with Crippen LogP contribution in [0.3, 0.4) is 0 Å².